The van der Waals surface area contributed by atoms with E-state index in [1.165, 1.54) is 0 Å². The lowest BCUT2D eigenvalue weighted by Gasteiger charge is -2.25. The Labute approximate surface area is 143 Å². The number of hydrogen-bond donors (Lipinski definition) is 2. The highest BCUT2D eigenvalue weighted by atomic mass is 16.6. The highest BCUT2D eigenvalue weighted by molar-refractivity contribution is 5.68. The van der Waals surface area contributed by atoms with Crippen LogP contribution < -0.4 is 10.1 Å². The number of nitrogens with one attached hydrogen (secondary N) is 1. The van der Waals surface area contributed by atoms with Crippen molar-refractivity contribution >= 4 is 6.09 Å². The maximum absolute atomic E-state index is 12.1. The maximum Gasteiger partial charge on any atom is 0.410 e. The first-order valence-corrected chi connectivity index (χ1v) is 8.30. The number of phenols is 1. The van der Waals surface area contributed by atoms with Gasteiger partial charge in [0.05, 0.1) is 7.11 Å². The molecule has 6 nitrogen and oxygen atoms in total. The van der Waals surface area contributed by atoms with Gasteiger partial charge >= 0.3 is 6.09 Å². The van der Waals surface area contributed by atoms with E-state index in [4.69, 9.17) is 9.47 Å². The van der Waals surface area contributed by atoms with Gasteiger partial charge in [0.2, 0.25) is 0 Å². The molecule has 1 saturated heterocycles. The summed E-state index contributed by atoms with van der Waals surface area (Å²) in [5, 5.41) is 13.5. The number of phenolic OH excluding ortho intramolecular Hbond substituents is 1. The Hall–Kier alpha value is -1.95. The van der Waals surface area contributed by atoms with E-state index in [2.05, 4.69) is 5.32 Å². The summed E-state index contributed by atoms with van der Waals surface area (Å²) in [6, 6.07) is 5.30. The second-order valence-corrected chi connectivity index (χ2v) is 7.23. The molecule has 0 bridgehead atoms. The molecule has 0 aliphatic carbocycles. The van der Waals surface area contributed by atoms with Crippen molar-refractivity contribution in [1.82, 2.24) is 10.2 Å². The molecular formula is C18H28N2O4. The lowest BCUT2D eigenvalue weighted by molar-refractivity contribution is 0.0290. The van der Waals surface area contributed by atoms with Crippen molar-refractivity contribution in [2.75, 3.05) is 20.2 Å². The largest absolute Gasteiger partial charge is 0.508 e. The first-order valence-electron chi connectivity index (χ1n) is 8.30. The van der Waals surface area contributed by atoms with Gasteiger partial charge in [-0.15, -0.1) is 0 Å². The van der Waals surface area contributed by atoms with Crippen molar-refractivity contribution in [3.63, 3.8) is 0 Å². The molecule has 0 radical (unpaired) electrons. The van der Waals surface area contributed by atoms with Crippen LogP contribution in [0.4, 0.5) is 4.79 Å². The summed E-state index contributed by atoms with van der Waals surface area (Å²) < 4.78 is 10.6. The molecule has 1 amide bonds. The number of aromatic hydroxyl groups is 1. The highest BCUT2D eigenvalue weighted by Crippen LogP contribution is 2.29. The standard InChI is InChI=1S/C18H28N2O4/c1-12(15-10-14(23-5)6-7-16(15)21)19-13-8-9-20(11-13)17(22)24-18(2,3)4/h6-7,10,12-13,19,21H,8-9,11H2,1-5H3. The van der Waals surface area contributed by atoms with E-state index in [0.29, 0.717) is 18.8 Å². The van der Waals surface area contributed by atoms with Crippen molar-refractivity contribution in [3.05, 3.63) is 23.8 Å². The van der Waals surface area contributed by atoms with Gasteiger partial charge in [-0.25, -0.2) is 4.79 Å². The van der Waals surface area contributed by atoms with Gasteiger partial charge in [0, 0.05) is 30.7 Å². The molecule has 1 aliphatic rings. The molecule has 2 unspecified atom stereocenters. The number of hydrogen-bond acceptors (Lipinski definition) is 5. The zero-order valence-electron chi connectivity index (χ0n) is 15.1. The molecule has 134 valence electrons. The Morgan fingerprint density at radius 1 is 1.42 bits per heavy atom. The third-order valence-electron chi connectivity index (χ3n) is 4.03. The fourth-order valence-electron chi connectivity index (χ4n) is 2.84. The Morgan fingerprint density at radius 2 is 2.12 bits per heavy atom. The zero-order valence-corrected chi connectivity index (χ0v) is 15.1. The maximum atomic E-state index is 12.1. The van der Waals surface area contributed by atoms with Gasteiger partial charge in [0.15, 0.2) is 0 Å². The van der Waals surface area contributed by atoms with Crippen molar-refractivity contribution in [3.8, 4) is 11.5 Å². The predicted octanol–water partition coefficient (Wildman–Crippen LogP) is 3.06. The summed E-state index contributed by atoms with van der Waals surface area (Å²) in [5.74, 6) is 0.941. The van der Waals surface area contributed by atoms with Crippen LogP contribution in [0.1, 0.15) is 45.7 Å². The van der Waals surface area contributed by atoms with E-state index in [1.807, 2.05) is 33.8 Å². The van der Waals surface area contributed by atoms with Crippen molar-refractivity contribution < 1.29 is 19.4 Å². The summed E-state index contributed by atoms with van der Waals surface area (Å²) in [4.78, 5) is 13.8. The first kappa shape index (κ1) is 18.4. The molecule has 1 aliphatic heterocycles. The second-order valence-electron chi connectivity index (χ2n) is 7.23. The van der Waals surface area contributed by atoms with Gasteiger partial charge < -0.3 is 24.8 Å². The number of nitrogens with zero attached hydrogens (tertiary/aromatic N) is 1. The first-order chi connectivity index (χ1) is 11.2. The SMILES string of the molecule is COc1ccc(O)c(C(C)NC2CCN(C(=O)OC(C)(C)C)C2)c1. The van der Waals surface area contributed by atoms with E-state index in [0.717, 1.165) is 12.0 Å². The number of methoxy groups -OCH3 is 1. The molecule has 2 atom stereocenters. The minimum absolute atomic E-state index is 0.0521. The van der Waals surface area contributed by atoms with Crippen LogP contribution in [0.15, 0.2) is 18.2 Å². The van der Waals surface area contributed by atoms with Crippen LogP contribution >= 0.6 is 0 Å². The number of carbonyl (C=O) groups excluding carboxylic acids is 1. The zero-order chi connectivity index (χ0) is 17.9. The average molecular weight is 336 g/mol. The Bertz CT molecular complexity index is 583. The fraction of sp³-hybridized carbons (Fsp3) is 0.611. The van der Waals surface area contributed by atoms with E-state index in [1.54, 1.807) is 24.1 Å². The van der Waals surface area contributed by atoms with Crippen LogP contribution in [-0.2, 0) is 4.74 Å². The molecule has 0 aromatic heterocycles. The summed E-state index contributed by atoms with van der Waals surface area (Å²) in [7, 11) is 1.60. The normalized spacial score (nSPS) is 19.2. The van der Waals surface area contributed by atoms with Gasteiger partial charge in [-0.1, -0.05) is 0 Å². The van der Waals surface area contributed by atoms with Crippen molar-refractivity contribution in [2.45, 2.75) is 51.8 Å². The highest BCUT2D eigenvalue weighted by Gasteiger charge is 2.30. The Morgan fingerprint density at radius 3 is 2.75 bits per heavy atom. The van der Waals surface area contributed by atoms with Crippen LogP contribution in [0.25, 0.3) is 0 Å². The number of ether oxygens (including phenoxy) is 2. The number of carbonyl (C=O) groups is 1. The minimum atomic E-state index is -0.484. The molecule has 1 fully saturated rings. The minimum Gasteiger partial charge on any atom is -0.508 e. The molecular weight excluding hydrogens is 308 g/mol. The number of likely N-dealkylation sites (tertiary alicyclic amines) is 1. The number of rotatable bonds is 4. The fourth-order valence-corrected chi connectivity index (χ4v) is 2.84. The molecule has 24 heavy (non-hydrogen) atoms. The number of amides is 1. The van der Waals surface area contributed by atoms with Crippen LogP contribution in [0, 0.1) is 0 Å². The molecule has 2 rings (SSSR count). The Kier molecular flexibility index (Phi) is 5.59. The molecule has 1 aromatic rings. The smallest absolute Gasteiger partial charge is 0.410 e. The lowest BCUT2D eigenvalue weighted by atomic mass is 10.1. The third-order valence-corrected chi connectivity index (χ3v) is 4.03. The molecule has 6 heteroatoms. The van der Waals surface area contributed by atoms with Gasteiger partial charge in [0.25, 0.3) is 0 Å². The molecule has 1 aromatic carbocycles. The van der Waals surface area contributed by atoms with E-state index < -0.39 is 5.60 Å². The van der Waals surface area contributed by atoms with Crippen LogP contribution in [0.3, 0.4) is 0 Å². The van der Waals surface area contributed by atoms with Crippen LogP contribution in [0.2, 0.25) is 0 Å². The molecule has 0 saturated carbocycles. The molecule has 1 heterocycles. The monoisotopic (exact) mass is 336 g/mol. The molecule has 2 N–H and O–H groups in total. The quantitative estimate of drug-likeness (QED) is 0.884. The van der Waals surface area contributed by atoms with Crippen molar-refractivity contribution in [1.29, 1.82) is 0 Å². The summed E-state index contributed by atoms with van der Waals surface area (Å²) in [6.45, 7) is 8.86. The van der Waals surface area contributed by atoms with E-state index in [9.17, 15) is 9.90 Å². The average Bonchev–Trinajstić information content (AvgIpc) is 2.94. The van der Waals surface area contributed by atoms with Crippen LogP contribution in [0.5, 0.6) is 11.5 Å². The summed E-state index contributed by atoms with van der Waals surface area (Å²) >= 11 is 0. The van der Waals surface area contributed by atoms with Gasteiger partial charge in [-0.05, 0) is 52.3 Å². The van der Waals surface area contributed by atoms with Gasteiger partial charge in [-0.3, -0.25) is 0 Å². The van der Waals surface area contributed by atoms with Crippen molar-refractivity contribution in [2.24, 2.45) is 0 Å². The number of benzene rings is 1. The predicted molar refractivity (Wildman–Crippen MR) is 92.4 cm³/mol. The van der Waals surface area contributed by atoms with E-state index in [-0.39, 0.29) is 23.9 Å². The second kappa shape index (κ2) is 7.30. The third kappa shape index (κ3) is 4.77. The summed E-state index contributed by atoms with van der Waals surface area (Å²) in [5.41, 5.74) is 0.299. The Balaban J connectivity index is 1.94. The van der Waals surface area contributed by atoms with Gasteiger partial charge in [0.1, 0.15) is 17.1 Å². The topological polar surface area (TPSA) is 71.0 Å². The van der Waals surface area contributed by atoms with Gasteiger partial charge in [-0.2, -0.15) is 0 Å². The molecule has 0 spiro atoms. The van der Waals surface area contributed by atoms with E-state index >= 15 is 0 Å². The lowest BCUT2D eigenvalue weighted by Crippen LogP contribution is -2.39. The van der Waals surface area contributed by atoms with Crippen LogP contribution in [-0.4, -0.2) is 47.9 Å². The summed E-state index contributed by atoms with van der Waals surface area (Å²) in [6.07, 6.45) is 0.581.